The number of benzene rings is 1. The van der Waals surface area contributed by atoms with Crippen LogP contribution < -0.4 is 14.8 Å². The second-order valence-electron chi connectivity index (χ2n) is 5.21. The third-order valence-electron chi connectivity index (χ3n) is 3.42. The fourth-order valence-corrected chi connectivity index (χ4v) is 3.04. The summed E-state index contributed by atoms with van der Waals surface area (Å²) in [6.45, 7) is 1.87. The molecule has 1 N–H and O–H groups in total. The predicted octanol–water partition coefficient (Wildman–Crippen LogP) is 1.77. The van der Waals surface area contributed by atoms with E-state index in [0.29, 0.717) is 23.7 Å². The lowest BCUT2D eigenvalue weighted by Crippen LogP contribution is -2.36. The Bertz CT molecular complexity index is 843. The van der Waals surface area contributed by atoms with E-state index in [1.807, 2.05) is 6.92 Å². The van der Waals surface area contributed by atoms with Crippen molar-refractivity contribution in [1.29, 1.82) is 0 Å². The number of imide groups is 1. The Morgan fingerprint density at radius 2 is 2.11 bits per heavy atom. The number of nitrogens with one attached hydrogen (secondary N) is 1. The SMILES string of the molecule is C#CCOc1c(I)cc(/C=C2/NC(=O)N(CC(=O)OC)C2=O)cc1OCC. The molecule has 0 atom stereocenters. The maximum Gasteiger partial charge on any atom is 0.329 e. The number of hydrogen-bond acceptors (Lipinski definition) is 6. The van der Waals surface area contributed by atoms with Gasteiger partial charge in [-0.15, -0.1) is 6.42 Å². The van der Waals surface area contributed by atoms with Crippen LogP contribution in [0.4, 0.5) is 4.79 Å². The lowest BCUT2D eigenvalue weighted by molar-refractivity contribution is -0.143. The lowest BCUT2D eigenvalue weighted by Gasteiger charge is -2.13. The Labute approximate surface area is 170 Å². The predicted molar refractivity (Wildman–Crippen MR) is 105 cm³/mol. The van der Waals surface area contributed by atoms with Gasteiger partial charge in [-0.3, -0.25) is 9.59 Å². The molecule has 1 aliphatic heterocycles. The molecule has 1 fully saturated rings. The molecule has 0 bridgehead atoms. The van der Waals surface area contributed by atoms with E-state index in [2.05, 4.69) is 38.6 Å². The summed E-state index contributed by atoms with van der Waals surface area (Å²) in [5, 5.41) is 2.44. The zero-order chi connectivity index (χ0) is 20.0. The van der Waals surface area contributed by atoms with Gasteiger partial charge in [0.25, 0.3) is 5.91 Å². The van der Waals surface area contributed by atoms with Gasteiger partial charge >= 0.3 is 12.0 Å². The van der Waals surface area contributed by atoms with E-state index in [1.54, 1.807) is 12.1 Å². The Balaban J connectivity index is 2.33. The number of terminal acetylenes is 1. The third-order valence-corrected chi connectivity index (χ3v) is 4.22. The number of methoxy groups -OCH3 is 1. The lowest BCUT2D eigenvalue weighted by atomic mass is 10.1. The van der Waals surface area contributed by atoms with Crippen LogP contribution in [0.1, 0.15) is 12.5 Å². The number of halogens is 1. The standard InChI is InChI=1S/C18H17IN2O6/c1-4-6-27-16-12(19)7-11(9-14(16)26-5-2)8-13-17(23)21(18(24)20-13)10-15(22)25-3/h1,7-9H,5-6,10H2,2-3H3,(H,20,24)/b13-8+. The zero-order valence-electron chi connectivity index (χ0n) is 14.7. The van der Waals surface area contributed by atoms with Gasteiger partial charge in [0, 0.05) is 0 Å². The highest BCUT2D eigenvalue weighted by molar-refractivity contribution is 14.1. The number of carbonyl (C=O) groups excluding carboxylic acids is 3. The first-order valence-corrected chi connectivity index (χ1v) is 8.93. The Morgan fingerprint density at radius 3 is 2.74 bits per heavy atom. The van der Waals surface area contributed by atoms with Crippen molar-refractivity contribution >= 4 is 46.6 Å². The summed E-state index contributed by atoms with van der Waals surface area (Å²) in [6, 6.07) is 2.74. The van der Waals surface area contributed by atoms with Gasteiger partial charge in [-0.2, -0.15) is 0 Å². The molecule has 1 heterocycles. The van der Waals surface area contributed by atoms with E-state index in [0.717, 1.165) is 8.47 Å². The molecular formula is C18H17IN2O6. The number of urea groups is 1. The highest BCUT2D eigenvalue weighted by Crippen LogP contribution is 2.35. The minimum Gasteiger partial charge on any atom is -0.490 e. The Hall–Kier alpha value is -2.74. The van der Waals surface area contributed by atoms with Gasteiger partial charge in [0.05, 0.1) is 17.3 Å². The van der Waals surface area contributed by atoms with E-state index in [-0.39, 0.29) is 12.3 Å². The smallest absolute Gasteiger partial charge is 0.329 e. The number of nitrogens with zero attached hydrogens (tertiary/aromatic N) is 1. The highest BCUT2D eigenvalue weighted by atomic mass is 127. The zero-order valence-corrected chi connectivity index (χ0v) is 16.9. The molecule has 0 aliphatic carbocycles. The van der Waals surface area contributed by atoms with Crippen molar-refractivity contribution in [2.24, 2.45) is 0 Å². The van der Waals surface area contributed by atoms with E-state index in [4.69, 9.17) is 15.9 Å². The van der Waals surface area contributed by atoms with Crippen LogP contribution in [0.15, 0.2) is 17.8 Å². The van der Waals surface area contributed by atoms with Crippen LogP contribution in [0, 0.1) is 15.9 Å². The van der Waals surface area contributed by atoms with E-state index in [1.165, 1.54) is 13.2 Å². The second-order valence-corrected chi connectivity index (χ2v) is 6.37. The van der Waals surface area contributed by atoms with Gasteiger partial charge in [-0.1, -0.05) is 5.92 Å². The minimum atomic E-state index is -0.692. The van der Waals surface area contributed by atoms with Gasteiger partial charge in [0.1, 0.15) is 18.8 Å². The van der Waals surface area contributed by atoms with Crippen LogP contribution in [0.3, 0.4) is 0 Å². The van der Waals surface area contributed by atoms with Crippen molar-refractivity contribution < 1.29 is 28.6 Å². The van der Waals surface area contributed by atoms with Crippen molar-refractivity contribution in [2.45, 2.75) is 6.92 Å². The summed E-state index contributed by atoms with van der Waals surface area (Å²) >= 11 is 2.07. The Morgan fingerprint density at radius 1 is 1.37 bits per heavy atom. The minimum absolute atomic E-state index is 0.0412. The molecule has 0 saturated carbocycles. The molecule has 0 aromatic heterocycles. The first-order valence-electron chi connectivity index (χ1n) is 7.85. The molecule has 3 amide bonds. The number of hydrogen-bond donors (Lipinski definition) is 1. The van der Waals surface area contributed by atoms with Crippen molar-refractivity contribution in [3.63, 3.8) is 0 Å². The first-order chi connectivity index (χ1) is 12.9. The van der Waals surface area contributed by atoms with Crippen LogP contribution in [-0.4, -0.2) is 49.7 Å². The number of ether oxygens (including phenoxy) is 3. The molecule has 1 saturated heterocycles. The van der Waals surface area contributed by atoms with Gasteiger partial charge in [0.2, 0.25) is 0 Å². The van der Waals surface area contributed by atoms with Gasteiger partial charge in [-0.05, 0) is 53.3 Å². The monoisotopic (exact) mass is 484 g/mol. The number of esters is 1. The topological polar surface area (TPSA) is 94.2 Å². The van der Waals surface area contributed by atoms with Gasteiger partial charge in [-0.25, -0.2) is 9.69 Å². The third kappa shape index (κ3) is 4.91. The van der Waals surface area contributed by atoms with E-state index in [9.17, 15) is 14.4 Å². The highest BCUT2D eigenvalue weighted by Gasteiger charge is 2.35. The van der Waals surface area contributed by atoms with Crippen molar-refractivity contribution in [2.75, 3.05) is 26.9 Å². The number of carbonyl (C=O) groups is 3. The summed E-state index contributed by atoms with van der Waals surface area (Å²) in [4.78, 5) is 36.4. The summed E-state index contributed by atoms with van der Waals surface area (Å²) in [5.41, 5.74) is 0.652. The largest absolute Gasteiger partial charge is 0.490 e. The molecule has 1 aliphatic rings. The summed E-state index contributed by atoms with van der Waals surface area (Å²) in [6.07, 6.45) is 6.73. The number of rotatable bonds is 7. The molecule has 2 rings (SSSR count). The molecule has 1 aromatic rings. The maximum absolute atomic E-state index is 12.4. The van der Waals surface area contributed by atoms with Crippen LogP contribution >= 0.6 is 22.6 Å². The quantitative estimate of drug-likeness (QED) is 0.209. The fourth-order valence-electron chi connectivity index (χ4n) is 2.26. The molecule has 0 radical (unpaired) electrons. The average molecular weight is 484 g/mol. The molecular weight excluding hydrogens is 467 g/mol. The van der Waals surface area contributed by atoms with E-state index < -0.39 is 24.5 Å². The van der Waals surface area contributed by atoms with Crippen molar-refractivity contribution in [1.82, 2.24) is 10.2 Å². The molecule has 0 unspecified atom stereocenters. The molecule has 27 heavy (non-hydrogen) atoms. The van der Waals surface area contributed by atoms with Crippen molar-refractivity contribution in [3.05, 3.63) is 27.0 Å². The summed E-state index contributed by atoms with van der Waals surface area (Å²) < 4.78 is 16.3. The average Bonchev–Trinajstić information content (AvgIpc) is 2.88. The van der Waals surface area contributed by atoms with Crippen LogP contribution in [0.5, 0.6) is 11.5 Å². The summed E-state index contributed by atoms with van der Waals surface area (Å²) in [7, 11) is 1.18. The first kappa shape index (κ1) is 20.6. The maximum atomic E-state index is 12.4. The van der Waals surface area contributed by atoms with Gasteiger partial charge < -0.3 is 19.5 Å². The number of amides is 3. The second kappa shape index (κ2) is 9.27. The van der Waals surface area contributed by atoms with Crippen LogP contribution in [0.2, 0.25) is 0 Å². The molecule has 9 heteroatoms. The van der Waals surface area contributed by atoms with Crippen molar-refractivity contribution in [3.8, 4) is 23.8 Å². The Kier molecular flexibility index (Phi) is 7.06. The van der Waals surface area contributed by atoms with Gasteiger partial charge in [0.15, 0.2) is 11.5 Å². The molecule has 142 valence electrons. The fraction of sp³-hybridized carbons (Fsp3) is 0.278. The molecule has 0 spiro atoms. The van der Waals surface area contributed by atoms with Crippen LogP contribution in [-0.2, 0) is 14.3 Å². The van der Waals surface area contributed by atoms with Crippen LogP contribution in [0.25, 0.3) is 6.08 Å². The molecule has 1 aromatic carbocycles. The van der Waals surface area contributed by atoms with E-state index >= 15 is 0 Å². The summed E-state index contributed by atoms with van der Waals surface area (Å²) in [5.74, 6) is 2.06. The molecule has 8 nitrogen and oxygen atoms in total. The normalized spacial score (nSPS) is 14.7.